The van der Waals surface area contributed by atoms with Crippen LogP contribution in [0.5, 0.6) is 0 Å². The molecule has 0 spiro atoms. The molecule has 0 bridgehead atoms. The number of hydrogen-bond donors (Lipinski definition) is 1. The maximum atomic E-state index is 13.4. The lowest BCUT2D eigenvalue weighted by atomic mass is 10.0. The maximum Gasteiger partial charge on any atom is 0.379 e. The summed E-state index contributed by atoms with van der Waals surface area (Å²) in [5.74, 6) is -5.94. The molecular weight excluding hydrogens is 282 g/mol. The first kappa shape index (κ1) is 11.3. The number of alkyl halides is 2. The van der Waals surface area contributed by atoms with E-state index >= 15 is 0 Å². The van der Waals surface area contributed by atoms with E-state index in [0.717, 1.165) is 4.47 Å². The van der Waals surface area contributed by atoms with Crippen molar-refractivity contribution in [1.29, 1.82) is 0 Å². The summed E-state index contributed by atoms with van der Waals surface area (Å²) in [5.41, 5.74) is 0.614. The molecule has 2 nitrogen and oxygen atoms in total. The largest absolute Gasteiger partial charge is 0.477 e. The summed E-state index contributed by atoms with van der Waals surface area (Å²) in [6.07, 6.45) is 1.61. The number of allylic oxidation sites excluding steroid dienone is 1. The average Bonchev–Trinajstić information content (AvgIpc) is 2.60. The Bertz CT molecular complexity index is 495. The van der Waals surface area contributed by atoms with Crippen LogP contribution in [-0.2, 0) is 11.2 Å². The molecule has 0 aliphatic heterocycles. The summed E-state index contributed by atoms with van der Waals surface area (Å²) in [5, 5.41) is 8.48. The van der Waals surface area contributed by atoms with Gasteiger partial charge in [0, 0.05) is 10.0 Å². The van der Waals surface area contributed by atoms with E-state index in [1.807, 2.05) is 0 Å². The Morgan fingerprint density at radius 3 is 2.75 bits per heavy atom. The predicted molar refractivity (Wildman–Crippen MR) is 58.4 cm³/mol. The highest BCUT2D eigenvalue weighted by atomic mass is 79.9. The van der Waals surface area contributed by atoms with Gasteiger partial charge in [-0.25, -0.2) is 4.79 Å². The van der Waals surface area contributed by atoms with Crippen LogP contribution in [0.1, 0.15) is 11.1 Å². The standard InChI is InChI=1S/C11H7BrF2O2/c12-7-2-3-8-6(5-7)1-4-9(8)11(13,14)10(15)16/h2-5H,1H2,(H,15,16). The zero-order valence-corrected chi connectivity index (χ0v) is 9.59. The van der Waals surface area contributed by atoms with E-state index in [1.54, 1.807) is 12.1 Å². The highest BCUT2D eigenvalue weighted by molar-refractivity contribution is 9.10. The first-order valence-electron chi connectivity index (χ1n) is 4.53. The Hall–Kier alpha value is -1.23. The van der Waals surface area contributed by atoms with Gasteiger partial charge < -0.3 is 5.11 Å². The number of carboxylic acid groups (broad SMARTS) is 1. The second-order valence-corrected chi connectivity index (χ2v) is 4.42. The fourth-order valence-corrected chi connectivity index (χ4v) is 2.14. The van der Waals surface area contributed by atoms with Gasteiger partial charge in [0.1, 0.15) is 0 Å². The molecule has 0 radical (unpaired) electrons. The van der Waals surface area contributed by atoms with Crippen LogP contribution < -0.4 is 0 Å². The molecule has 1 aromatic carbocycles. The van der Waals surface area contributed by atoms with Crippen LogP contribution in [0, 0.1) is 0 Å². The van der Waals surface area contributed by atoms with Gasteiger partial charge in [-0.15, -0.1) is 0 Å². The van der Waals surface area contributed by atoms with Crippen molar-refractivity contribution in [3.63, 3.8) is 0 Å². The van der Waals surface area contributed by atoms with Gasteiger partial charge in [-0.05, 0) is 29.7 Å². The number of carboxylic acids is 1. The number of carbonyl (C=O) groups is 1. The van der Waals surface area contributed by atoms with Crippen LogP contribution in [0.4, 0.5) is 8.78 Å². The lowest BCUT2D eigenvalue weighted by Crippen LogP contribution is -2.29. The average molecular weight is 289 g/mol. The number of fused-ring (bicyclic) bond motifs is 1. The van der Waals surface area contributed by atoms with Crippen molar-refractivity contribution < 1.29 is 18.7 Å². The summed E-state index contributed by atoms with van der Waals surface area (Å²) in [4.78, 5) is 10.5. The zero-order valence-electron chi connectivity index (χ0n) is 8.01. The molecule has 1 aliphatic carbocycles. The minimum absolute atomic E-state index is 0.315. The molecule has 1 N–H and O–H groups in total. The van der Waals surface area contributed by atoms with Gasteiger partial charge in [0.05, 0.1) is 0 Å². The minimum Gasteiger partial charge on any atom is -0.477 e. The molecule has 1 aliphatic rings. The molecule has 0 saturated heterocycles. The van der Waals surface area contributed by atoms with E-state index in [1.165, 1.54) is 12.1 Å². The molecule has 84 valence electrons. The third-order valence-electron chi connectivity index (χ3n) is 2.49. The second-order valence-electron chi connectivity index (χ2n) is 3.50. The highest BCUT2D eigenvalue weighted by Gasteiger charge is 2.45. The summed E-state index contributed by atoms with van der Waals surface area (Å²) in [6, 6.07) is 4.85. The van der Waals surface area contributed by atoms with Crippen LogP contribution in [0.25, 0.3) is 5.57 Å². The van der Waals surface area contributed by atoms with Gasteiger partial charge >= 0.3 is 11.9 Å². The number of aliphatic carboxylic acids is 1. The molecule has 0 aromatic heterocycles. The van der Waals surface area contributed by atoms with Gasteiger partial charge in [-0.2, -0.15) is 8.78 Å². The van der Waals surface area contributed by atoms with Crippen molar-refractivity contribution in [2.75, 3.05) is 0 Å². The van der Waals surface area contributed by atoms with Crippen LogP contribution in [0.2, 0.25) is 0 Å². The SMILES string of the molecule is O=C(O)C(F)(F)C1=CCc2cc(Br)ccc21. The smallest absolute Gasteiger partial charge is 0.379 e. The topological polar surface area (TPSA) is 37.3 Å². The third-order valence-corrected chi connectivity index (χ3v) is 2.98. The molecular formula is C11H7BrF2O2. The van der Waals surface area contributed by atoms with Gasteiger partial charge in [-0.3, -0.25) is 0 Å². The van der Waals surface area contributed by atoms with E-state index in [9.17, 15) is 13.6 Å². The van der Waals surface area contributed by atoms with Gasteiger partial charge in [-0.1, -0.05) is 28.1 Å². The van der Waals surface area contributed by atoms with E-state index in [-0.39, 0.29) is 0 Å². The van der Waals surface area contributed by atoms with E-state index in [2.05, 4.69) is 15.9 Å². The summed E-state index contributed by atoms with van der Waals surface area (Å²) in [7, 11) is 0. The van der Waals surface area contributed by atoms with Crippen LogP contribution in [0.3, 0.4) is 0 Å². The van der Waals surface area contributed by atoms with Crippen molar-refractivity contribution >= 4 is 27.5 Å². The Labute approximate surface area is 98.7 Å². The van der Waals surface area contributed by atoms with Crippen LogP contribution in [-0.4, -0.2) is 17.0 Å². The molecule has 0 amide bonds. The molecule has 5 heteroatoms. The molecule has 0 unspecified atom stereocenters. The van der Waals surface area contributed by atoms with Crippen LogP contribution >= 0.6 is 15.9 Å². The Kier molecular flexibility index (Phi) is 2.58. The summed E-state index contributed by atoms with van der Waals surface area (Å²) < 4.78 is 27.5. The van der Waals surface area contributed by atoms with Crippen molar-refractivity contribution in [1.82, 2.24) is 0 Å². The highest BCUT2D eigenvalue weighted by Crippen LogP contribution is 2.39. The van der Waals surface area contributed by atoms with Crippen molar-refractivity contribution in [2.45, 2.75) is 12.3 Å². The van der Waals surface area contributed by atoms with Crippen LogP contribution in [0.15, 0.2) is 28.7 Å². The van der Waals surface area contributed by atoms with E-state index in [0.29, 0.717) is 17.5 Å². The fraction of sp³-hybridized carbons (Fsp3) is 0.182. The quantitative estimate of drug-likeness (QED) is 0.908. The summed E-state index contributed by atoms with van der Waals surface area (Å²) in [6.45, 7) is 0. The van der Waals surface area contributed by atoms with Gasteiger partial charge in [0.15, 0.2) is 0 Å². The molecule has 2 rings (SSSR count). The molecule has 0 saturated carbocycles. The van der Waals surface area contributed by atoms with Crippen molar-refractivity contribution in [2.24, 2.45) is 0 Å². The Morgan fingerprint density at radius 2 is 2.12 bits per heavy atom. The van der Waals surface area contributed by atoms with E-state index in [4.69, 9.17) is 5.11 Å². The minimum atomic E-state index is -3.82. The number of halogens is 3. The Morgan fingerprint density at radius 1 is 1.44 bits per heavy atom. The lowest BCUT2D eigenvalue weighted by Gasteiger charge is -2.14. The second kappa shape index (κ2) is 3.66. The number of benzene rings is 1. The molecule has 0 heterocycles. The number of hydrogen-bond acceptors (Lipinski definition) is 1. The van der Waals surface area contributed by atoms with Gasteiger partial charge in [0.25, 0.3) is 0 Å². The molecule has 0 fully saturated rings. The predicted octanol–water partition coefficient (Wildman–Crippen LogP) is 3.11. The Balaban J connectivity index is 2.47. The van der Waals surface area contributed by atoms with Crippen molar-refractivity contribution in [3.05, 3.63) is 39.9 Å². The normalized spacial score (nSPS) is 14.6. The number of rotatable bonds is 2. The maximum absolute atomic E-state index is 13.4. The van der Waals surface area contributed by atoms with Gasteiger partial charge in [0.2, 0.25) is 0 Å². The molecule has 0 atom stereocenters. The van der Waals surface area contributed by atoms with Crippen molar-refractivity contribution in [3.8, 4) is 0 Å². The first-order valence-corrected chi connectivity index (χ1v) is 5.33. The zero-order chi connectivity index (χ0) is 11.9. The lowest BCUT2D eigenvalue weighted by molar-refractivity contribution is -0.156. The monoisotopic (exact) mass is 288 g/mol. The van der Waals surface area contributed by atoms with E-state index < -0.39 is 17.5 Å². The third kappa shape index (κ3) is 1.65. The fourth-order valence-electron chi connectivity index (χ4n) is 1.73. The molecule has 1 aromatic rings. The first-order chi connectivity index (χ1) is 7.43. The summed E-state index contributed by atoms with van der Waals surface area (Å²) >= 11 is 3.24. The molecule has 16 heavy (non-hydrogen) atoms.